The summed E-state index contributed by atoms with van der Waals surface area (Å²) in [7, 11) is -3.10. The Morgan fingerprint density at radius 1 is 1.21 bits per heavy atom. The van der Waals surface area contributed by atoms with Crippen molar-refractivity contribution in [1.82, 2.24) is 10.0 Å². The predicted octanol–water partition coefficient (Wildman–Crippen LogP) is 1.25. The van der Waals surface area contributed by atoms with Gasteiger partial charge in [0, 0.05) is 13.2 Å². The van der Waals surface area contributed by atoms with Gasteiger partial charge in [0.25, 0.3) is 0 Å². The molecule has 1 unspecified atom stereocenters. The van der Waals surface area contributed by atoms with Gasteiger partial charge in [-0.15, -0.1) is 0 Å². The molecule has 1 saturated heterocycles. The molecule has 1 fully saturated rings. The third-order valence-corrected chi connectivity index (χ3v) is 4.80. The molecule has 114 valence electrons. The summed E-state index contributed by atoms with van der Waals surface area (Å²) in [6.07, 6.45) is 6.03. The Bertz CT molecular complexity index is 314. The zero-order valence-corrected chi connectivity index (χ0v) is 12.8. The molecule has 0 aromatic heterocycles. The van der Waals surface area contributed by atoms with Crippen LogP contribution in [0, 0.1) is 0 Å². The van der Waals surface area contributed by atoms with Crippen LogP contribution in [0.25, 0.3) is 0 Å². The van der Waals surface area contributed by atoms with E-state index < -0.39 is 10.0 Å². The molecule has 1 atom stereocenters. The van der Waals surface area contributed by atoms with Crippen LogP contribution in [0.1, 0.15) is 45.4 Å². The lowest BCUT2D eigenvalue weighted by molar-refractivity contribution is 0.0123. The third kappa shape index (κ3) is 8.57. The summed E-state index contributed by atoms with van der Waals surface area (Å²) in [5, 5.41) is 3.19. The molecule has 19 heavy (non-hydrogen) atoms. The number of unbranched alkanes of at least 4 members (excludes halogenated alkanes) is 1. The van der Waals surface area contributed by atoms with Crippen LogP contribution in [0.15, 0.2) is 0 Å². The van der Waals surface area contributed by atoms with Crippen LogP contribution in [0.3, 0.4) is 0 Å². The summed E-state index contributed by atoms with van der Waals surface area (Å²) in [6, 6.07) is 0. The summed E-state index contributed by atoms with van der Waals surface area (Å²) in [4.78, 5) is 0. The van der Waals surface area contributed by atoms with Crippen molar-refractivity contribution in [2.45, 2.75) is 51.6 Å². The van der Waals surface area contributed by atoms with E-state index >= 15 is 0 Å². The molecule has 1 aliphatic heterocycles. The first-order chi connectivity index (χ1) is 9.14. The number of rotatable bonds is 10. The highest BCUT2D eigenvalue weighted by Crippen LogP contribution is 2.14. The molecule has 1 heterocycles. The van der Waals surface area contributed by atoms with Crippen molar-refractivity contribution in [3.63, 3.8) is 0 Å². The van der Waals surface area contributed by atoms with Gasteiger partial charge in [0.15, 0.2) is 0 Å². The lowest BCUT2D eigenvalue weighted by Gasteiger charge is -2.22. The van der Waals surface area contributed by atoms with Crippen molar-refractivity contribution in [1.29, 1.82) is 0 Å². The minimum atomic E-state index is -3.10. The lowest BCUT2D eigenvalue weighted by Crippen LogP contribution is -2.31. The first-order valence-corrected chi connectivity index (χ1v) is 9.09. The van der Waals surface area contributed by atoms with Gasteiger partial charge in [0.05, 0.1) is 11.9 Å². The molecule has 0 amide bonds. The largest absolute Gasteiger partial charge is 0.378 e. The molecule has 5 nitrogen and oxygen atoms in total. The van der Waals surface area contributed by atoms with E-state index in [9.17, 15) is 8.42 Å². The Morgan fingerprint density at radius 2 is 2.05 bits per heavy atom. The summed E-state index contributed by atoms with van der Waals surface area (Å²) >= 11 is 0. The molecular weight excluding hydrogens is 264 g/mol. The van der Waals surface area contributed by atoms with Gasteiger partial charge in [0.1, 0.15) is 0 Å². The molecule has 1 rings (SSSR count). The topological polar surface area (TPSA) is 67.4 Å². The van der Waals surface area contributed by atoms with Gasteiger partial charge in [-0.2, -0.15) is 0 Å². The normalized spacial score (nSPS) is 20.6. The molecule has 6 heteroatoms. The van der Waals surface area contributed by atoms with Crippen molar-refractivity contribution in [3.8, 4) is 0 Å². The van der Waals surface area contributed by atoms with Crippen molar-refractivity contribution in [2.24, 2.45) is 0 Å². The van der Waals surface area contributed by atoms with Gasteiger partial charge in [0.2, 0.25) is 10.0 Å². The highest BCUT2D eigenvalue weighted by Gasteiger charge is 2.15. The minimum absolute atomic E-state index is 0.226. The zero-order valence-electron chi connectivity index (χ0n) is 12.0. The number of sulfonamides is 1. The monoisotopic (exact) mass is 292 g/mol. The van der Waals surface area contributed by atoms with E-state index in [1.54, 1.807) is 0 Å². The van der Waals surface area contributed by atoms with Gasteiger partial charge in [-0.25, -0.2) is 13.1 Å². The van der Waals surface area contributed by atoms with Crippen LogP contribution in [0.5, 0.6) is 0 Å². The minimum Gasteiger partial charge on any atom is -0.378 e. The first kappa shape index (κ1) is 16.9. The fourth-order valence-electron chi connectivity index (χ4n) is 2.20. The van der Waals surface area contributed by atoms with Crippen LogP contribution in [0.2, 0.25) is 0 Å². The van der Waals surface area contributed by atoms with Crippen LogP contribution >= 0.6 is 0 Å². The first-order valence-electron chi connectivity index (χ1n) is 7.43. The van der Waals surface area contributed by atoms with Crippen molar-refractivity contribution in [3.05, 3.63) is 0 Å². The van der Waals surface area contributed by atoms with E-state index in [0.29, 0.717) is 13.0 Å². The fourth-order valence-corrected chi connectivity index (χ4v) is 3.36. The standard InChI is InChI=1S/C13H28N2O3S/c1-2-14-9-4-6-12-19(16,17)15-10-8-13-7-3-5-11-18-13/h13-15H,2-12H2,1H3. The summed E-state index contributed by atoms with van der Waals surface area (Å²) in [5.74, 6) is 0.226. The molecule has 1 aliphatic rings. The Morgan fingerprint density at radius 3 is 2.74 bits per heavy atom. The van der Waals surface area contributed by atoms with Crippen LogP contribution in [-0.2, 0) is 14.8 Å². The van der Waals surface area contributed by atoms with Gasteiger partial charge >= 0.3 is 0 Å². The summed E-state index contributed by atoms with van der Waals surface area (Å²) < 4.78 is 31.7. The highest BCUT2D eigenvalue weighted by atomic mass is 32.2. The maximum Gasteiger partial charge on any atom is 0.211 e. The van der Waals surface area contributed by atoms with Crippen LogP contribution in [0.4, 0.5) is 0 Å². The van der Waals surface area contributed by atoms with Crippen molar-refractivity contribution >= 4 is 10.0 Å². The van der Waals surface area contributed by atoms with Crippen LogP contribution in [-0.4, -0.2) is 46.5 Å². The Balaban J connectivity index is 2.05. The molecular formula is C13H28N2O3S. The maximum absolute atomic E-state index is 11.7. The predicted molar refractivity (Wildman–Crippen MR) is 77.8 cm³/mol. The smallest absolute Gasteiger partial charge is 0.211 e. The lowest BCUT2D eigenvalue weighted by atomic mass is 10.1. The number of hydrogen-bond acceptors (Lipinski definition) is 4. The van der Waals surface area contributed by atoms with E-state index in [0.717, 1.165) is 45.4 Å². The number of nitrogens with one attached hydrogen (secondary N) is 2. The van der Waals surface area contributed by atoms with Gasteiger partial charge in [-0.3, -0.25) is 0 Å². The van der Waals surface area contributed by atoms with Gasteiger partial charge in [-0.05, 0) is 51.6 Å². The van der Waals surface area contributed by atoms with E-state index in [4.69, 9.17) is 4.74 Å². The molecule has 0 spiro atoms. The molecule has 0 bridgehead atoms. The Hall–Kier alpha value is -0.170. The number of ether oxygens (including phenoxy) is 1. The molecule has 0 aromatic rings. The molecule has 0 aromatic carbocycles. The van der Waals surface area contributed by atoms with E-state index in [1.807, 2.05) is 6.92 Å². The molecule has 0 saturated carbocycles. The van der Waals surface area contributed by atoms with E-state index in [1.165, 1.54) is 6.42 Å². The second-order valence-corrected chi connectivity index (χ2v) is 6.98. The quantitative estimate of drug-likeness (QED) is 0.595. The van der Waals surface area contributed by atoms with Gasteiger partial charge < -0.3 is 10.1 Å². The molecule has 0 aliphatic carbocycles. The fraction of sp³-hybridized carbons (Fsp3) is 1.00. The Kier molecular flexibility index (Phi) is 8.61. The van der Waals surface area contributed by atoms with Crippen LogP contribution < -0.4 is 10.0 Å². The summed E-state index contributed by atoms with van der Waals surface area (Å²) in [6.45, 7) is 5.20. The second kappa shape index (κ2) is 9.69. The molecule has 0 radical (unpaired) electrons. The summed E-state index contributed by atoms with van der Waals surface area (Å²) in [5.41, 5.74) is 0. The maximum atomic E-state index is 11.7. The highest BCUT2D eigenvalue weighted by molar-refractivity contribution is 7.89. The van der Waals surface area contributed by atoms with Crippen molar-refractivity contribution < 1.29 is 13.2 Å². The zero-order chi connectivity index (χ0) is 14.0. The average molecular weight is 292 g/mol. The van der Waals surface area contributed by atoms with Crippen molar-refractivity contribution in [2.75, 3.05) is 32.0 Å². The van der Waals surface area contributed by atoms with Gasteiger partial charge in [-0.1, -0.05) is 6.92 Å². The SMILES string of the molecule is CCNCCCCS(=O)(=O)NCCC1CCCCO1. The third-order valence-electron chi connectivity index (χ3n) is 3.33. The van der Waals surface area contributed by atoms with E-state index in [2.05, 4.69) is 10.0 Å². The second-order valence-electron chi connectivity index (χ2n) is 5.05. The molecule has 2 N–H and O–H groups in total. The van der Waals surface area contributed by atoms with E-state index in [-0.39, 0.29) is 11.9 Å². The average Bonchev–Trinajstić information content (AvgIpc) is 2.39. The number of hydrogen-bond donors (Lipinski definition) is 2. The Labute approximate surface area is 117 Å².